The molecule has 9 heteroatoms. The van der Waals surface area contributed by atoms with Gasteiger partial charge in [0.25, 0.3) is 5.91 Å². The van der Waals surface area contributed by atoms with Crippen LogP contribution in [0.1, 0.15) is 28.8 Å². The zero-order chi connectivity index (χ0) is 22.6. The van der Waals surface area contributed by atoms with Gasteiger partial charge in [0.2, 0.25) is 5.91 Å². The second-order valence-electron chi connectivity index (χ2n) is 7.17. The van der Waals surface area contributed by atoms with Crippen LogP contribution >= 0.6 is 0 Å². The lowest BCUT2D eigenvalue weighted by atomic mass is 9.95. The minimum absolute atomic E-state index is 0.240. The number of piperidine rings is 1. The van der Waals surface area contributed by atoms with Crippen molar-refractivity contribution in [3.05, 3.63) is 53.6 Å². The number of ether oxygens (including phenoxy) is 2. The molecule has 31 heavy (non-hydrogen) atoms. The van der Waals surface area contributed by atoms with Crippen LogP contribution < -0.4 is 14.8 Å². The lowest BCUT2D eigenvalue weighted by Crippen LogP contribution is -2.41. The molecule has 2 aromatic carbocycles. The monoisotopic (exact) mass is 436 g/mol. The molecule has 0 radical (unpaired) electrons. The molecule has 1 aliphatic heterocycles. The molecule has 0 saturated carbocycles. The third kappa shape index (κ3) is 5.10. The Morgan fingerprint density at radius 2 is 1.52 bits per heavy atom. The summed E-state index contributed by atoms with van der Waals surface area (Å²) in [6, 6.07) is 9.40. The predicted octanol–water partition coefficient (Wildman–Crippen LogP) is 4.21. The van der Waals surface area contributed by atoms with E-state index in [2.05, 4.69) is 5.32 Å². The number of alkyl halides is 3. The molecule has 6 nitrogen and oxygen atoms in total. The van der Waals surface area contributed by atoms with Gasteiger partial charge in [-0.3, -0.25) is 9.59 Å². The Bertz CT molecular complexity index is 915. The van der Waals surface area contributed by atoms with E-state index in [1.54, 1.807) is 23.1 Å². The van der Waals surface area contributed by atoms with E-state index in [1.165, 1.54) is 26.4 Å². The van der Waals surface area contributed by atoms with Gasteiger partial charge in [0, 0.05) is 24.7 Å². The highest BCUT2D eigenvalue weighted by Crippen LogP contribution is 2.32. The molecule has 3 rings (SSSR count). The van der Waals surface area contributed by atoms with E-state index < -0.39 is 11.7 Å². The molecule has 1 aliphatic rings. The van der Waals surface area contributed by atoms with E-state index in [0.717, 1.165) is 12.1 Å². The Balaban J connectivity index is 1.61. The van der Waals surface area contributed by atoms with Crippen LogP contribution in [0.5, 0.6) is 11.5 Å². The number of likely N-dealkylation sites (tertiary alicyclic amines) is 1. The van der Waals surface area contributed by atoms with Crippen molar-refractivity contribution in [1.29, 1.82) is 0 Å². The normalized spacial score (nSPS) is 14.8. The van der Waals surface area contributed by atoms with Crippen molar-refractivity contribution < 1.29 is 32.2 Å². The number of carbonyl (C=O) groups is 2. The number of rotatable bonds is 5. The summed E-state index contributed by atoms with van der Waals surface area (Å²) in [7, 11) is 2.95. The highest BCUT2D eigenvalue weighted by Gasteiger charge is 2.32. The average molecular weight is 436 g/mol. The molecule has 0 spiro atoms. The number of anilines is 1. The first-order valence-corrected chi connectivity index (χ1v) is 9.73. The molecular formula is C22H23F3N2O4. The summed E-state index contributed by atoms with van der Waals surface area (Å²) in [4.78, 5) is 27.2. The topological polar surface area (TPSA) is 67.9 Å². The van der Waals surface area contributed by atoms with Gasteiger partial charge in [-0.1, -0.05) is 6.07 Å². The molecule has 2 amide bonds. The number of amides is 2. The van der Waals surface area contributed by atoms with E-state index in [-0.39, 0.29) is 17.7 Å². The smallest absolute Gasteiger partial charge is 0.416 e. The molecule has 166 valence electrons. The summed E-state index contributed by atoms with van der Waals surface area (Å²) in [5.41, 5.74) is -0.139. The molecule has 1 N–H and O–H groups in total. The van der Waals surface area contributed by atoms with Crippen molar-refractivity contribution in [3.63, 3.8) is 0 Å². The summed E-state index contributed by atoms with van der Waals surface area (Å²) in [5, 5.41) is 2.65. The van der Waals surface area contributed by atoms with Crippen LogP contribution in [0, 0.1) is 5.92 Å². The van der Waals surface area contributed by atoms with E-state index in [1.807, 2.05) is 0 Å². The number of hydrogen-bond acceptors (Lipinski definition) is 4. The number of halogens is 3. The summed E-state index contributed by atoms with van der Waals surface area (Å²) in [5.74, 6) is -0.0402. The fourth-order valence-electron chi connectivity index (χ4n) is 3.55. The van der Waals surface area contributed by atoms with E-state index in [9.17, 15) is 22.8 Å². The number of nitrogens with zero attached hydrogens (tertiary/aromatic N) is 1. The van der Waals surface area contributed by atoms with Crippen molar-refractivity contribution in [2.24, 2.45) is 5.92 Å². The molecule has 0 unspecified atom stereocenters. The third-order valence-corrected chi connectivity index (χ3v) is 5.27. The van der Waals surface area contributed by atoms with Gasteiger partial charge < -0.3 is 19.7 Å². The Morgan fingerprint density at radius 1 is 0.968 bits per heavy atom. The van der Waals surface area contributed by atoms with Crippen LogP contribution in [0.2, 0.25) is 0 Å². The van der Waals surface area contributed by atoms with Crippen LogP contribution in [-0.2, 0) is 11.0 Å². The lowest BCUT2D eigenvalue weighted by Gasteiger charge is -2.32. The lowest BCUT2D eigenvalue weighted by molar-refractivity contribution is -0.137. The highest BCUT2D eigenvalue weighted by molar-refractivity contribution is 6.00. The van der Waals surface area contributed by atoms with Crippen LogP contribution in [0.25, 0.3) is 0 Å². The standard InChI is InChI=1S/C22H23F3N2O4/c1-30-17-4-3-5-18(31-2)19(17)21(29)27-12-10-14(11-13-27)20(28)26-16-8-6-15(7-9-16)22(23,24)25/h3-9,14H,10-13H2,1-2H3,(H,26,28). The second kappa shape index (κ2) is 9.28. The minimum Gasteiger partial charge on any atom is -0.496 e. The first-order chi connectivity index (χ1) is 14.7. The Labute approximate surface area is 177 Å². The van der Waals surface area contributed by atoms with Crippen molar-refractivity contribution in [1.82, 2.24) is 4.90 Å². The fraction of sp³-hybridized carbons (Fsp3) is 0.364. The minimum atomic E-state index is -4.42. The summed E-state index contributed by atoms with van der Waals surface area (Å²) < 4.78 is 48.6. The number of nitrogens with one attached hydrogen (secondary N) is 1. The molecule has 1 heterocycles. The molecule has 1 fully saturated rings. The molecule has 2 aromatic rings. The van der Waals surface area contributed by atoms with E-state index in [0.29, 0.717) is 48.7 Å². The average Bonchev–Trinajstić information content (AvgIpc) is 2.77. The largest absolute Gasteiger partial charge is 0.496 e. The van der Waals surface area contributed by atoms with Gasteiger partial charge >= 0.3 is 6.18 Å². The number of hydrogen-bond donors (Lipinski definition) is 1. The van der Waals surface area contributed by atoms with Crippen molar-refractivity contribution in [2.75, 3.05) is 32.6 Å². The summed E-state index contributed by atoms with van der Waals surface area (Å²) in [6.45, 7) is 0.732. The molecular weight excluding hydrogens is 413 g/mol. The van der Waals surface area contributed by atoms with E-state index in [4.69, 9.17) is 9.47 Å². The molecule has 0 aliphatic carbocycles. The molecule has 0 bridgehead atoms. The van der Waals surface area contributed by atoms with Gasteiger partial charge in [0.15, 0.2) is 0 Å². The fourth-order valence-corrected chi connectivity index (χ4v) is 3.55. The first-order valence-electron chi connectivity index (χ1n) is 9.73. The van der Waals surface area contributed by atoms with Crippen molar-refractivity contribution in [3.8, 4) is 11.5 Å². The summed E-state index contributed by atoms with van der Waals surface area (Å²) in [6.07, 6.45) is -3.54. The zero-order valence-corrected chi connectivity index (χ0v) is 17.2. The quantitative estimate of drug-likeness (QED) is 0.763. The molecule has 0 aromatic heterocycles. The van der Waals surface area contributed by atoms with Crippen molar-refractivity contribution >= 4 is 17.5 Å². The van der Waals surface area contributed by atoms with Gasteiger partial charge in [-0.05, 0) is 49.2 Å². The second-order valence-corrected chi connectivity index (χ2v) is 7.17. The Morgan fingerprint density at radius 3 is 2.00 bits per heavy atom. The Kier molecular flexibility index (Phi) is 6.72. The van der Waals surface area contributed by atoms with Crippen molar-refractivity contribution in [2.45, 2.75) is 19.0 Å². The van der Waals surface area contributed by atoms with Gasteiger partial charge in [-0.2, -0.15) is 13.2 Å². The van der Waals surface area contributed by atoms with Crippen LogP contribution in [-0.4, -0.2) is 44.0 Å². The maximum atomic E-state index is 13.0. The Hall–Kier alpha value is -3.23. The van der Waals surface area contributed by atoms with Gasteiger partial charge in [-0.25, -0.2) is 0 Å². The SMILES string of the molecule is COc1cccc(OC)c1C(=O)N1CCC(C(=O)Nc2ccc(C(F)(F)F)cc2)CC1. The predicted molar refractivity (Wildman–Crippen MR) is 108 cm³/mol. The molecule has 1 saturated heterocycles. The maximum Gasteiger partial charge on any atom is 0.416 e. The van der Waals surface area contributed by atoms with E-state index >= 15 is 0 Å². The van der Waals surface area contributed by atoms with Gasteiger partial charge in [0.1, 0.15) is 17.1 Å². The first kappa shape index (κ1) is 22.5. The highest BCUT2D eigenvalue weighted by atomic mass is 19.4. The van der Waals surface area contributed by atoms with Crippen LogP contribution in [0.4, 0.5) is 18.9 Å². The summed E-state index contributed by atoms with van der Waals surface area (Å²) >= 11 is 0. The van der Waals surface area contributed by atoms with Gasteiger partial charge in [0.05, 0.1) is 19.8 Å². The number of carbonyl (C=O) groups excluding carboxylic acids is 2. The van der Waals surface area contributed by atoms with Crippen LogP contribution in [0.15, 0.2) is 42.5 Å². The van der Waals surface area contributed by atoms with Crippen LogP contribution in [0.3, 0.4) is 0 Å². The van der Waals surface area contributed by atoms with Gasteiger partial charge in [-0.15, -0.1) is 0 Å². The zero-order valence-electron chi connectivity index (χ0n) is 17.2. The number of methoxy groups -OCH3 is 2. The maximum absolute atomic E-state index is 13.0. The third-order valence-electron chi connectivity index (χ3n) is 5.27. The molecule has 0 atom stereocenters. The number of benzene rings is 2.